The summed E-state index contributed by atoms with van der Waals surface area (Å²) >= 11 is 0. The first kappa shape index (κ1) is 20.0. The summed E-state index contributed by atoms with van der Waals surface area (Å²) in [5, 5.41) is 3.42. The predicted octanol–water partition coefficient (Wildman–Crippen LogP) is 2.00. The van der Waals surface area contributed by atoms with E-state index in [-0.39, 0.29) is 18.3 Å². The fourth-order valence-electron chi connectivity index (χ4n) is 3.70. The van der Waals surface area contributed by atoms with Gasteiger partial charge in [-0.3, -0.25) is 9.52 Å². The normalized spacial score (nSPS) is 19.5. The molecular weight excluding hydrogens is 362 g/mol. The molecule has 0 unspecified atom stereocenters. The van der Waals surface area contributed by atoms with Gasteiger partial charge in [-0.2, -0.15) is 0 Å². The molecule has 2 aliphatic heterocycles. The highest BCUT2D eigenvalue weighted by molar-refractivity contribution is 7.92. The number of carbonyl (C=O) groups is 1. The molecule has 1 aromatic carbocycles. The number of hydrogen-bond acceptors (Lipinski definition) is 4. The highest BCUT2D eigenvalue weighted by Crippen LogP contribution is 2.37. The number of likely N-dealkylation sites (tertiary alicyclic amines) is 1. The fourth-order valence-corrected chi connectivity index (χ4v) is 4.28. The van der Waals surface area contributed by atoms with Gasteiger partial charge in [0.15, 0.2) is 0 Å². The zero-order chi connectivity index (χ0) is 17.4. The molecule has 140 valence electrons. The van der Waals surface area contributed by atoms with Crippen molar-refractivity contribution < 1.29 is 13.2 Å². The maximum Gasteiger partial charge on any atom is 0.255 e. The Morgan fingerprint density at radius 3 is 2.48 bits per heavy atom. The lowest BCUT2D eigenvalue weighted by Gasteiger charge is -2.39. The number of nitrogens with one attached hydrogen (secondary N) is 2. The first-order valence-electron chi connectivity index (χ1n) is 8.37. The van der Waals surface area contributed by atoms with E-state index in [9.17, 15) is 13.2 Å². The van der Waals surface area contributed by atoms with E-state index in [0.29, 0.717) is 16.7 Å². The molecule has 1 spiro atoms. The van der Waals surface area contributed by atoms with Crippen molar-refractivity contribution >= 4 is 34.0 Å². The number of rotatable bonds is 3. The van der Waals surface area contributed by atoms with Gasteiger partial charge in [-0.15, -0.1) is 12.4 Å². The van der Waals surface area contributed by atoms with Crippen molar-refractivity contribution in [3.63, 3.8) is 0 Å². The Labute approximate surface area is 155 Å². The maximum atomic E-state index is 12.9. The van der Waals surface area contributed by atoms with Gasteiger partial charge in [-0.25, -0.2) is 8.42 Å². The summed E-state index contributed by atoms with van der Waals surface area (Å²) in [6.07, 6.45) is 4.29. The van der Waals surface area contributed by atoms with Crippen LogP contribution in [-0.4, -0.2) is 51.7 Å². The van der Waals surface area contributed by atoms with Crippen LogP contribution < -0.4 is 10.0 Å². The number of carbonyl (C=O) groups excluding carboxylic acids is 1. The van der Waals surface area contributed by atoms with Crippen molar-refractivity contribution in [3.05, 3.63) is 29.3 Å². The summed E-state index contributed by atoms with van der Waals surface area (Å²) in [5.74, 6) is -0.0920. The lowest BCUT2D eigenvalue weighted by atomic mass is 9.77. The Kier molecular flexibility index (Phi) is 6.01. The molecule has 0 atom stereocenters. The third kappa shape index (κ3) is 4.65. The van der Waals surface area contributed by atoms with E-state index in [1.807, 2.05) is 11.8 Å². The van der Waals surface area contributed by atoms with Crippen LogP contribution in [0.3, 0.4) is 0 Å². The van der Waals surface area contributed by atoms with Crippen LogP contribution in [0.25, 0.3) is 0 Å². The number of anilines is 1. The third-order valence-corrected chi connectivity index (χ3v) is 5.73. The summed E-state index contributed by atoms with van der Waals surface area (Å²) in [6.45, 7) is 5.46. The second kappa shape index (κ2) is 7.51. The van der Waals surface area contributed by atoms with E-state index in [1.54, 1.807) is 18.2 Å². The largest absolute Gasteiger partial charge is 0.339 e. The number of aryl methyl sites for hydroxylation is 1. The number of sulfonamides is 1. The van der Waals surface area contributed by atoms with Gasteiger partial charge >= 0.3 is 0 Å². The van der Waals surface area contributed by atoms with E-state index in [1.165, 1.54) is 6.42 Å². The highest BCUT2D eigenvalue weighted by atomic mass is 35.5. The van der Waals surface area contributed by atoms with Gasteiger partial charge in [-0.1, -0.05) is 11.6 Å². The summed E-state index contributed by atoms with van der Waals surface area (Å²) in [5.41, 5.74) is 2.07. The molecule has 2 fully saturated rings. The number of halogens is 1. The summed E-state index contributed by atoms with van der Waals surface area (Å²) in [6, 6.07) is 5.23. The average molecular weight is 388 g/mol. The molecule has 0 saturated carbocycles. The zero-order valence-corrected chi connectivity index (χ0v) is 16.3. The van der Waals surface area contributed by atoms with Crippen LogP contribution in [0.1, 0.15) is 35.2 Å². The van der Waals surface area contributed by atoms with E-state index in [0.717, 1.165) is 50.8 Å². The van der Waals surface area contributed by atoms with Crippen molar-refractivity contribution in [3.8, 4) is 0 Å². The quantitative estimate of drug-likeness (QED) is 0.831. The summed E-state index contributed by atoms with van der Waals surface area (Å²) < 4.78 is 25.6. The van der Waals surface area contributed by atoms with E-state index < -0.39 is 10.0 Å². The minimum atomic E-state index is -3.42. The predicted molar refractivity (Wildman–Crippen MR) is 102 cm³/mol. The number of nitrogens with zero attached hydrogens (tertiary/aromatic N) is 1. The second-order valence-corrected chi connectivity index (χ2v) is 8.89. The van der Waals surface area contributed by atoms with Gasteiger partial charge in [0.2, 0.25) is 10.0 Å². The molecule has 3 rings (SSSR count). The highest BCUT2D eigenvalue weighted by Gasteiger charge is 2.38. The molecule has 2 aliphatic rings. The molecule has 6 nitrogen and oxygen atoms in total. The van der Waals surface area contributed by atoms with Gasteiger partial charge in [0, 0.05) is 19.6 Å². The van der Waals surface area contributed by atoms with Gasteiger partial charge in [-0.05, 0) is 50.3 Å². The molecule has 0 aromatic heterocycles. The molecule has 2 N–H and O–H groups in total. The third-order valence-electron chi connectivity index (χ3n) is 5.14. The second-order valence-electron chi connectivity index (χ2n) is 7.14. The number of piperidine rings is 1. The molecule has 1 amide bonds. The molecule has 0 bridgehead atoms. The summed E-state index contributed by atoms with van der Waals surface area (Å²) in [4.78, 5) is 14.8. The van der Waals surface area contributed by atoms with Crippen LogP contribution in [0.2, 0.25) is 0 Å². The zero-order valence-electron chi connectivity index (χ0n) is 14.7. The van der Waals surface area contributed by atoms with Gasteiger partial charge in [0.05, 0.1) is 17.5 Å². The standard InChI is InChI=1S/C17H25N3O3S.ClH/c1-13-3-4-15(19-24(2,22)23)14(11-13)16(21)20-9-6-17(7-10-20)5-8-18-12-17;/h3-4,11,18-19H,5-10,12H2,1-2H3;1H. The molecular formula is C17H26ClN3O3S. The van der Waals surface area contributed by atoms with Crippen molar-refractivity contribution in [2.45, 2.75) is 26.2 Å². The molecule has 0 aliphatic carbocycles. The van der Waals surface area contributed by atoms with Crippen molar-refractivity contribution in [2.75, 3.05) is 37.2 Å². The van der Waals surface area contributed by atoms with Gasteiger partial charge in [0.1, 0.15) is 0 Å². The van der Waals surface area contributed by atoms with Gasteiger partial charge in [0.25, 0.3) is 5.91 Å². The van der Waals surface area contributed by atoms with E-state index >= 15 is 0 Å². The SMILES string of the molecule is Cc1ccc(NS(C)(=O)=O)c(C(=O)N2CCC3(CCNC3)CC2)c1.Cl. The van der Waals surface area contributed by atoms with Crippen LogP contribution in [0, 0.1) is 12.3 Å². The van der Waals surface area contributed by atoms with Crippen LogP contribution in [-0.2, 0) is 10.0 Å². The first-order valence-corrected chi connectivity index (χ1v) is 10.3. The number of amides is 1. The van der Waals surface area contributed by atoms with E-state index in [4.69, 9.17) is 0 Å². The summed E-state index contributed by atoms with van der Waals surface area (Å²) in [7, 11) is -3.42. The lowest BCUT2D eigenvalue weighted by molar-refractivity contribution is 0.0608. The maximum absolute atomic E-state index is 12.9. The minimum Gasteiger partial charge on any atom is -0.339 e. The molecule has 8 heteroatoms. The van der Waals surface area contributed by atoms with Crippen molar-refractivity contribution in [1.82, 2.24) is 10.2 Å². The number of hydrogen-bond donors (Lipinski definition) is 2. The van der Waals surface area contributed by atoms with Crippen LogP contribution >= 0.6 is 12.4 Å². The Balaban J connectivity index is 0.00000225. The Hall–Kier alpha value is -1.31. The van der Waals surface area contributed by atoms with Crippen LogP contribution in [0.15, 0.2) is 18.2 Å². The van der Waals surface area contributed by atoms with E-state index in [2.05, 4.69) is 10.0 Å². The Bertz CT molecular complexity index is 736. The Morgan fingerprint density at radius 2 is 1.92 bits per heavy atom. The van der Waals surface area contributed by atoms with Crippen LogP contribution in [0.5, 0.6) is 0 Å². The average Bonchev–Trinajstić information content (AvgIpc) is 2.96. The lowest BCUT2D eigenvalue weighted by Crippen LogP contribution is -2.44. The van der Waals surface area contributed by atoms with Crippen molar-refractivity contribution in [1.29, 1.82) is 0 Å². The monoisotopic (exact) mass is 387 g/mol. The first-order chi connectivity index (χ1) is 11.3. The molecule has 1 aromatic rings. The number of benzene rings is 1. The molecule has 2 saturated heterocycles. The Morgan fingerprint density at radius 1 is 1.24 bits per heavy atom. The van der Waals surface area contributed by atoms with Crippen molar-refractivity contribution in [2.24, 2.45) is 5.41 Å². The van der Waals surface area contributed by atoms with Gasteiger partial charge < -0.3 is 10.2 Å². The topological polar surface area (TPSA) is 78.5 Å². The smallest absolute Gasteiger partial charge is 0.255 e. The molecule has 0 radical (unpaired) electrons. The minimum absolute atomic E-state index is 0. The molecule has 2 heterocycles. The fraction of sp³-hybridized carbons (Fsp3) is 0.588. The molecule has 25 heavy (non-hydrogen) atoms. The van der Waals surface area contributed by atoms with Crippen LogP contribution in [0.4, 0.5) is 5.69 Å².